The number of nitrogens with one attached hydrogen (secondary N) is 2. The number of rotatable bonds is 8. The van der Waals surface area contributed by atoms with E-state index in [0.717, 1.165) is 24.3 Å². The minimum Gasteiger partial charge on any atom is -0.352 e. The molecule has 3 rings (SSSR count). The molecule has 0 unspecified atom stereocenters. The summed E-state index contributed by atoms with van der Waals surface area (Å²) in [6.07, 6.45) is 2.56. The molecule has 0 aliphatic carbocycles. The third-order valence-corrected chi connectivity index (χ3v) is 5.21. The van der Waals surface area contributed by atoms with Crippen molar-refractivity contribution in [3.63, 3.8) is 0 Å². The molecular weight excluding hydrogens is 372 g/mol. The molecule has 2 N–H and O–H groups in total. The van der Waals surface area contributed by atoms with Crippen LogP contribution in [0.4, 0.5) is 5.69 Å². The van der Waals surface area contributed by atoms with E-state index in [1.54, 1.807) is 24.3 Å². The lowest BCUT2D eigenvalue weighted by Crippen LogP contribution is -2.24. The third-order valence-electron chi connectivity index (χ3n) is 4.14. The second-order valence-corrected chi connectivity index (χ2v) is 7.29. The van der Waals surface area contributed by atoms with Gasteiger partial charge in [0.1, 0.15) is 5.01 Å². The highest BCUT2D eigenvalue weighted by molar-refractivity contribution is 7.13. The molecule has 0 saturated heterocycles. The number of benzene rings is 2. The number of anilines is 1. The molecule has 7 heteroatoms. The van der Waals surface area contributed by atoms with Gasteiger partial charge in [0, 0.05) is 17.8 Å². The first kappa shape index (κ1) is 19.7. The molecule has 2 aromatic carbocycles. The van der Waals surface area contributed by atoms with E-state index >= 15 is 0 Å². The van der Waals surface area contributed by atoms with Gasteiger partial charge in [-0.05, 0) is 49.1 Å². The predicted octanol–water partition coefficient (Wildman–Crippen LogP) is 3.72. The monoisotopic (exact) mass is 394 g/mol. The van der Waals surface area contributed by atoms with Crippen LogP contribution in [0.3, 0.4) is 0 Å². The van der Waals surface area contributed by atoms with Gasteiger partial charge in [0.05, 0.1) is 0 Å². The van der Waals surface area contributed by atoms with Gasteiger partial charge in [-0.3, -0.25) is 9.59 Å². The van der Waals surface area contributed by atoms with Gasteiger partial charge in [0.15, 0.2) is 0 Å². The average molecular weight is 395 g/mol. The van der Waals surface area contributed by atoms with E-state index in [4.69, 9.17) is 0 Å². The largest absolute Gasteiger partial charge is 0.352 e. The maximum Gasteiger partial charge on any atom is 0.286 e. The van der Waals surface area contributed by atoms with E-state index in [0.29, 0.717) is 22.8 Å². The van der Waals surface area contributed by atoms with Crippen LogP contribution in [0.25, 0.3) is 0 Å². The van der Waals surface area contributed by atoms with Crippen LogP contribution >= 0.6 is 11.3 Å². The van der Waals surface area contributed by atoms with Gasteiger partial charge in [-0.15, -0.1) is 10.2 Å². The average Bonchev–Trinajstić information content (AvgIpc) is 3.22. The molecule has 0 aliphatic heterocycles. The van der Waals surface area contributed by atoms with Crippen molar-refractivity contribution in [1.82, 2.24) is 15.5 Å². The summed E-state index contributed by atoms with van der Waals surface area (Å²) in [5.74, 6) is -0.419. The Morgan fingerprint density at radius 3 is 2.39 bits per heavy atom. The van der Waals surface area contributed by atoms with Gasteiger partial charge in [-0.25, -0.2) is 0 Å². The number of carbonyl (C=O) groups is 2. The lowest BCUT2D eigenvalue weighted by atomic mass is 10.1. The Hall–Kier alpha value is -3.06. The molecule has 6 nitrogen and oxygen atoms in total. The third kappa shape index (κ3) is 5.47. The van der Waals surface area contributed by atoms with Crippen LogP contribution in [0.2, 0.25) is 0 Å². The number of hydrogen-bond donors (Lipinski definition) is 2. The fraction of sp³-hybridized carbons (Fsp3) is 0.238. The summed E-state index contributed by atoms with van der Waals surface area (Å²) in [7, 11) is 0. The van der Waals surface area contributed by atoms with Crippen molar-refractivity contribution in [2.75, 3.05) is 11.9 Å². The maximum absolute atomic E-state index is 12.2. The van der Waals surface area contributed by atoms with Crippen molar-refractivity contribution in [2.45, 2.75) is 26.2 Å². The van der Waals surface area contributed by atoms with Gasteiger partial charge in [-0.1, -0.05) is 48.6 Å². The molecule has 0 aliphatic rings. The topological polar surface area (TPSA) is 84.0 Å². The van der Waals surface area contributed by atoms with Crippen LogP contribution in [0, 0.1) is 0 Å². The summed E-state index contributed by atoms with van der Waals surface area (Å²) in [5.41, 5.74) is 2.43. The zero-order chi connectivity index (χ0) is 19.8. The van der Waals surface area contributed by atoms with Crippen LogP contribution in [0.1, 0.15) is 44.1 Å². The Morgan fingerprint density at radius 1 is 0.964 bits per heavy atom. The summed E-state index contributed by atoms with van der Waals surface area (Å²) in [6, 6.07) is 17.0. The first-order valence-corrected chi connectivity index (χ1v) is 10.0. The van der Waals surface area contributed by atoms with Crippen LogP contribution in [-0.4, -0.2) is 28.6 Å². The standard InChI is InChI=1S/C21H22N4O2S/c1-2-18-24-25-21(28-18)20(27)23-17-12-10-16(11-13-17)19(26)22-14-6-9-15-7-4-3-5-8-15/h3-5,7-8,10-13H,2,6,9,14H2,1H3,(H,22,26)(H,23,27). The van der Waals surface area contributed by atoms with Gasteiger partial charge in [0.25, 0.3) is 11.8 Å². The van der Waals surface area contributed by atoms with Crippen molar-refractivity contribution in [3.05, 3.63) is 75.7 Å². The van der Waals surface area contributed by atoms with Gasteiger partial charge in [-0.2, -0.15) is 0 Å². The van der Waals surface area contributed by atoms with Crippen molar-refractivity contribution < 1.29 is 9.59 Å². The number of carbonyl (C=O) groups excluding carboxylic acids is 2. The smallest absolute Gasteiger partial charge is 0.286 e. The second-order valence-electron chi connectivity index (χ2n) is 6.23. The highest BCUT2D eigenvalue weighted by Crippen LogP contribution is 2.14. The molecule has 0 bridgehead atoms. The number of aromatic nitrogens is 2. The Labute approximate surface area is 168 Å². The van der Waals surface area contributed by atoms with E-state index in [1.165, 1.54) is 16.9 Å². The van der Waals surface area contributed by atoms with Crippen LogP contribution < -0.4 is 10.6 Å². The maximum atomic E-state index is 12.2. The normalized spacial score (nSPS) is 10.5. The fourth-order valence-electron chi connectivity index (χ4n) is 2.62. The zero-order valence-electron chi connectivity index (χ0n) is 15.6. The second kappa shape index (κ2) is 9.75. The van der Waals surface area contributed by atoms with Crippen molar-refractivity contribution in [1.29, 1.82) is 0 Å². The lowest BCUT2D eigenvalue weighted by molar-refractivity contribution is 0.0952. The first-order valence-electron chi connectivity index (χ1n) is 9.21. The van der Waals surface area contributed by atoms with Gasteiger partial charge >= 0.3 is 0 Å². The summed E-state index contributed by atoms with van der Waals surface area (Å²) >= 11 is 1.28. The zero-order valence-corrected chi connectivity index (χ0v) is 16.5. The fourth-order valence-corrected chi connectivity index (χ4v) is 3.29. The predicted molar refractivity (Wildman–Crippen MR) is 111 cm³/mol. The van der Waals surface area contributed by atoms with E-state index in [9.17, 15) is 9.59 Å². The lowest BCUT2D eigenvalue weighted by Gasteiger charge is -2.07. The Kier molecular flexibility index (Phi) is 6.86. The molecule has 28 heavy (non-hydrogen) atoms. The number of nitrogens with zero attached hydrogens (tertiary/aromatic N) is 2. The molecule has 0 atom stereocenters. The SMILES string of the molecule is CCc1nnc(C(=O)Nc2ccc(C(=O)NCCCc3ccccc3)cc2)s1. The molecule has 0 spiro atoms. The minimum absolute atomic E-state index is 0.123. The molecule has 0 saturated carbocycles. The quantitative estimate of drug-likeness (QED) is 0.571. The van der Waals surface area contributed by atoms with E-state index in [2.05, 4.69) is 33.0 Å². The summed E-state index contributed by atoms with van der Waals surface area (Å²) in [6.45, 7) is 2.58. The van der Waals surface area contributed by atoms with E-state index in [1.807, 2.05) is 25.1 Å². The van der Waals surface area contributed by atoms with Crippen LogP contribution in [-0.2, 0) is 12.8 Å². The summed E-state index contributed by atoms with van der Waals surface area (Å²) in [4.78, 5) is 24.4. The molecule has 2 amide bonds. The highest BCUT2D eigenvalue weighted by atomic mass is 32.1. The van der Waals surface area contributed by atoms with Crippen molar-refractivity contribution in [3.8, 4) is 0 Å². The minimum atomic E-state index is -0.296. The van der Waals surface area contributed by atoms with Crippen LogP contribution in [0.15, 0.2) is 54.6 Å². The van der Waals surface area contributed by atoms with Crippen LogP contribution in [0.5, 0.6) is 0 Å². The number of aryl methyl sites for hydroxylation is 2. The molecule has 144 valence electrons. The molecular formula is C21H22N4O2S. The Balaban J connectivity index is 1.46. The molecule has 3 aromatic rings. The molecule has 1 aromatic heterocycles. The van der Waals surface area contributed by atoms with E-state index < -0.39 is 0 Å². The molecule has 0 fully saturated rings. The van der Waals surface area contributed by atoms with Gasteiger partial charge < -0.3 is 10.6 Å². The Morgan fingerprint density at radius 2 is 1.71 bits per heavy atom. The van der Waals surface area contributed by atoms with Crippen molar-refractivity contribution in [2.24, 2.45) is 0 Å². The van der Waals surface area contributed by atoms with Gasteiger partial charge in [0.2, 0.25) is 5.01 Å². The highest BCUT2D eigenvalue weighted by Gasteiger charge is 2.13. The number of hydrogen-bond acceptors (Lipinski definition) is 5. The molecule has 0 radical (unpaired) electrons. The summed E-state index contributed by atoms with van der Waals surface area (Å²) < 4.78 is 0. The number of amides is 2. The van der Waals surface area contributed by atoms with E-state index in [-0.39, 0.29) is 11.8 Å². The first-order chi connectivity index (χ1) is 13.7. The van der Waals surface area contributed by atoms with Crippen molar-refractivity contribution >= 4 is 28.8 Å². The molecule has 1 heterocycles. The Bertz CT molecular complexity index is 923. The summed E-state index contributed by atoms with van der Waals surface area (Å²) in [5, 5.41) is 14.7.